The van der Waals surface area contributed by atoms with Crippen LogP contribution in [0.1, 0.15) is 13.3 Å². The Hall–Kier alpha value is -0.710. The van der Waals surface area contributed by atoms with E-state index in [-0.39, 0.29) is 6.54 Å². The van der Waals surface area contributed by atoms with Crippen LogP contribution in [0.25, 0.3) is 0 Å². The fourth-order valence-electron chi connectivity index (χ4n) is 1.31. The number of halogens is 2. The smallest absolute Gasteiger partial charge is 0.267 e. The van der Waals surface area contributed by atoms with Gasteiger partial charge in [-0.05, 0) is 0 Å². The second kappa shape index (κ2) is 2.97. The molecule has 0 aromatic rings. The molecule has 1 heterocycles. The first-order chi connectivity index (χ1) is 5.41. The lowest BCUT2D eigenvalue weighted by Crippen LogP contribution is -2.50. The van der Waals surface area contributed by atoms with Gasteiger partial charge >= 0.3 is 0 Å². The summed E-state index contributed by atoms with van der Waals surface area (Å²) in [4.78, 5) is 11.7. The van der Waals surface area contributed by atoms with Crippen LogP contribution in [-0.4, -0.2) is 41.0 Å². The van der Waals surface area contributed by atoms with Crippen LogP contribution in [0.5, 0.6) is 0 Å². The molecular weight excluding hydrogens is 168 g/mol. The van der Waals surface area contributed by atoms with Crippen molar-refractivity contribution < 1.29 is 18.7 Å². The summed E-state index contributed by atoms with van der Waals surface area (Å²) in [7, 11) is 0. The average molecular weight is 179 g/mol. The van der Waals surface area contributed by atoms with Gasteiger partial charge in [-0.25, -0.2) is 8.78 Å². The number of rotatable bonds is 0. The molecule has 5 heteroatoms. The standard InChI is InChI=1S/C7H11F2NO2/c1-5(11)10-3-6(12)2-7(8,9)4-10/h6,12H,2-4H2,1H3/t6-/m0/s1. The average Bonchev–Trinajstić information content (AvgIpc) is 1.82. The first-order valence-electron chi connectivity index (χ1n) is 3.72. The van der Waals surface area contributed by atoms with Gasteiger partial charge < -0.3 is 10.0 Å². The van der Waals surface area contributed by atoms with Gasteiger partial charge in [0, 0.05) is 19.9 Å². The van der Waals surface area contributed by atoms with Crippen molar-refractivity contribution in [2.45, 2.75) is 25.4 Å². The molecule has 1 rings (SSSR count). The SMILES string of the molecule is CC(=O)N1C[C@@H](O)CC(F)(F)C1. The number of nitrogens with zero attached hydrogens (tertiary/aromatic N) is 1. The van der Waals surface area contributed by atoms with Crippen LogP contribution in [-0.2, 0) is 4.79 Å². The predicted molar refractivity (Wildman–Crippen MR) is 37.8 cm³/mol. The molecule has 0 saturated carbocycles. The van der Waals surface area contributed by atoms with Gasteiger partial charge in [-0.15, -0.1) is 0 Å². The number of likely N-dealkylation sites (tertiary alicyclic amines) is 1. The minimum atomic E-state index is -2.94. The number of carbonyl (C=O) groups excluding carboxylic acids is 1. The van der Waals surface area contributed by atoms with Crippen molar-refractivity contribution in [3.63, 3.8) is 0 Å². The van der Waals surface area contributed by atoms with E-state index in [0.29, 0.717) is 0 Å². The molecule has 1 fully saturated rings. The molecule has 1 N–H and O–H groups in total. The third-order valence-electron chi connectivity index (χ3n) is 1.83. The number of aliphatic hydroxyl groups is 1. The third-order valence-corrected chi connectivity index (χ3v) is 1.83. The summed E-state index contributed by atoms with van der Waals surface area (Å²) in [5, 5.41) is 8.99. The first kappa shape index (κ1) is 9.38. The quantitative estimate of drug-likeness (QED) is 0.578. The summed E-state index contributed by atoms with van der Waals surface area (Å²) < 4.78 is 25.4. The normalized spacial score (nSPS) is 28.7. The molecule has 0 aromatic carbocycles. The molecule has 3 nitrogen and oxygen atoms in total. The van der Waals surface area contributed by atoms with Crippen LogP contribution in [0.15, 0.2) is 0 Å². The number of piperidine rings is 1. The Labute approximate surface area is 69.0 Å². The molecule has 1 amide bonds. The number of β-amino-alcohol motifs (C(OH)–C–C–N with tert-alkyl or cyclic N) is 1. The van der Waals surface area contributed by atoms with Gasteiger partial charge in [0.2, 0.25) is 5.91 Å². The molecule has 0 bridgehead atoms. The van der Waals surface area contributed by atoms with E-state index in [1.54, 1.807) is 0 Å². The molecule has 12 heavy (non-hydrogen) atoms. The topological polar surface area (TPSA) is 40.5 Å². The maximum atomic E-state index is 12.7. The monoisotopic (exact) mass is 179 g/mol. The Morgan fingerprint density at radius 2 is 2.25 bits per heavy atom. The molecule has 0 aromatic heterocycles. The fraction of sp³-hybridized carbons (Fsp3) is 0.857. The van der Waals surface area contributed by atoms with Crippen molar-refractivity contribution in [2.75, 3.05) is 13.1 Å². The Balaban J connectivity index is 2.64. The Morgan fingerprint density at radius 3 is 2.67 bits per heavy atom. The van der Waals surface area contributed by atoms with Crippen LogP contribution < -0.4 is 0 Å². The molecule has 0 unspecified atom stereocenters. The summed E-state index contributed by atoms with van der Waals surface area (Å²) in [6, 6.07) is 0. The van der Waals surface area contributed by atoms with Gasteiger partial charge in [0.1, 0.15) is 0 Å². The van der Waals surface area contributed by atoms with E-state index in [1.165, 1.54) is 6.92 Å². The zero-order chi connectivity index (χ0) is 9.35. The summed E-state index contributed by atoms with van der Waals surface area (Å²) in [5.41, 5.74) is 0. The molecule has 0 radical (unpaired) electrons. The zero-order valence-corrected chi connectivity index (χ0v) is 6.76. The highest BCUT2D eigenvalue weighted by Crippen LogP contribution is 2.26. The molecule has 0 spiro atoms. The van der Waals surface area contributed by atoms with Crippen molar-refractivity contribution in [1.29, 1.82) is 0 Å². The lowest BCUT2D eigenvalue weighted by atomic mass is 10.1. The molecule has 70 valence electrons. The minimum absolute atomic E-state index is 0.0188. The Morgan fingerprint density at radius 1 is 1.67 bits per heavy atom. The summed E-state index contributed by atoms with van der Waals surface area (Å²) in [6.45, 7) is 0.665. The largest absolute Gasteiger partial charge is 0.391 e. The van der Waals surface area contributed by atoms with Crippen molar-refractivity contribution in [2.24, 2.45) is 0 Å². The zero-order valence-electron chi connectivity index (χ0n) is 6.76. The Bertz CT molecular complexity index is 196. The molecule has 1 saturated heterocycles. The molecule has 1 atom stereocenters. The van der Waals surface area contributed by atoms with Crippen molar-refractivity contribution >= 4 is 5.91 Å². The summed E-state index contributed by atoms with van der Waals surface area (Å²) in [6.07, 6.45) is -1.64. The number of hydrogen-bond acceptors (Lipinski definition) is 2. The van der Waals surface area contributed by atoms with E-state index >= 15 is 0 Å². The highest BCUT2D eigenvalue weighted by molar-refractivity contribution is 5.73. The number of carbonyl (C=O) groups is 1. The van der Waals surface area contributed by atoms with Gasteiger partial charge in [-0.3, -0.25) is 4.79 Å². The van der Waals surface area contributed by atoms with E-state index in [4.69, 9.17) is 5.11 Å². The molecular formula is C7H11F2NO2. The van der Waals surface area contributed by atoms with Gasteiger partial charge in [-0.2, -0.15) is 0 Å². The highest BCUT2D eigenvalue weighted by atomic mass is 19.3. The summed E-state index contributed by atoms with van der Waals surface area (Å²) >= 11 is 0. The highest BCUT2D eigenvalue weighted by Gasteiger charge is 2.40. The van der Waals surface area contributed by atoms with Crippen LogP contribution in [0.3, 0.4) is 0 Å². The third kappa shape index (κ3) is 2.14. The molecule has 0 aliphatic carbocycles. The van der Waals surface area contributed by atoms with Crippen LogP contribution >= 0.6 is 0 Å². The molecule has 1 aliphatic heterocycles. The van der Waals surface area contributed by atoms with E-state index in [9.17, 15) is 13.6 Å². The second-order valence-corrected chi connectivity index (χ2v) is 3.11. The van der Waals surface area contributed by atoms with Crippen molar-refractivity contribution in [3.8, 4) is 0 Å². The van der Waals surface area contributed by atoms with Gasteiger partial charge in [0.25, 0.3) is 5.92 Å². The predicted octanol–water partition coefficient (Wildman–Crippen LogP) is 0.235. The van der Waals surface area contributed by atoms with Crippen molar-refractivity contribution in [1.82, 2.24) is 4.90 Å². The van der Waals surface area contributed by atoms with Gasteiger partial charge in [0.15, 0.2) is 0 Å². The minimum Gasteiger partial charge on any atom is -0.391 e. The number of alkyl halides is 2. The maximum absolute atomic E-state index is 12.7. The lowest BCUT2D eigenvalue weighted by Gasteiger charge is -2.34. The lowest BCUT2D eigenvalue weighted by molar-refractivity contribution is -0.148. The Kier molecular flexibility index (Phi) is 2.32. The second-order valence-electron chi connectivity index (χ2n) is 3.11. The van der Waals surface area contributed by atoms with Crippen LogP contribution in [0.2, 0.25) is 0 Å². The van der Waals surface area contributed by atoms with E-state index in [1.807, 2.05) is 0 Å². The van der Waals surface area contributed by atoms with Crippen molar-refractivity contribution in [3.05, 3.63) is 0 Å². The molecule has 1 aliphatic rings. The first-order valence-corrected chi connectivity index (χ1v) is 3.72. The van der Waals surface area contributed by atoms with E-state index < -0.39 is 30.9 Å². The number of amides is 1. The maximum Gasteiger partial charge on any atom is 0.267 e. The van der Waals surface area contributed by atoms with E-state index in [0.717, 1.165) is 4.90 Å². The summed E-state index contributed by atoms with van der Waals surface area (Å²) in [5.74, 6) is -3.36. The van der Waals surface area contributed by atoms with Gasteiger partial charge in [-0.1, -0.05) is 0 Å². The number of aliphatic hydroxyl groups excluding tert-OH is 1. The van der Waals surface area contributed by atoms with Crippen LogP contribution in [0.4, 0.5) is 8.78 Å². The van der Waals surface area contributed by atoms with E-state index in [2.05, 4.69) is 0 Å². The van der Waals surface area contributed by atoms with Gasteiger partial charge in [0.05, 0.1) is 12.6 Å². The number of hydrogen-bond donors (Lipinski definition) is 1. The van der Waals surface area contributed by atoms with Crippen LogP contribution in [0, 0.1) is 0 Å². The fourth-order valence-corrected chi connectivity index (χ4v) is 1.31.